The van der Waals surface area contributed by atoms with Crippen LogP contribution < -0.4 is 15.5 Å². The molecule has 2 N–H and O–H groups in total. The molecule has 1 aromatic carbocycles. The largest absolute Gasteiger partial charge is 0.381 e. The van der Waals surface area contributed by atoms with Crippen LogP contribution in [0, 0.1) is 5.82 Å². The maximum absolute atomic E-state index is 14.2. The van der Waals surface area contributed by atoms with Gasteiger partial charge in [-0.25, -0.2) is 4.39 Å². The lowest BCUT2D eigenvalue weighted by Crippen LogP contribution is -2.42. The Labute approximate surface area is 107 Å². The minimum absolute atomic E-state index is 0.0331. The number of halogens is 1. The van der Waals surface area contributed by atoms with Crippen molar-refractivity contribution in [3.8, 4) is 0 Å². The van der Waals surface area contributed by atoms with Gasteiger partial charge in [0.1, 0.15) is 5.82 Å². The topological polar surface area (TPSA) is 27.3 Å². The number of fused-ring (bicyclic) bond motifs is 1. The molecule has 2 heterocycles. The molecule has 2 aliphatic heterocycles. The van der Waals surface area contributed by atoms with Crippen LogP contribution in [0.1, 0.15) is 26.7 Å². The molecule has 0 spiro atoms. The first kappa shape index (κ1) is 11.6. The summed E-state index contributed by atoms with van der Waals surface area (Å²) in [4.78, 5) is 2.14. The Morgan fingerprint density at radius 3 is 2.61 bits per heavy atom. The number of anilines is 3. The highest BCUT2D eigenvalue weighted by Crippen LogP contribution is 2.36. The van der Waals surface area contributed by atoms with Crippen molar-refractivity contribution in [2.45, 2.75) is 32.2 Å². The highest BCUT2D eigenvalue weighted by Gasteiger charge is 2.26. The van der Waals surface area contributed by atoms with Crippen LogP contribution in [0.3, 0.4) is 0 Å². The molecular formula is C14H20FN3. The van der Waals surface area contributed by atoms with E-state index >= 15 is 0 Å². The van der Waals surface area contributed by atoms with E-state index in [0.29, 0.717) is 0 Å². The summed E-state index contributed by atoms with van der Waals surface area (Å²) in [5.41, 5.74) is 2.58. The van der Waals surface area contributed by atoms with Gasteiger partial charge in [-0.15, -0.1) is 0 Å². The Bertz CT molecular complexity index is 464. The lowest BCUT2D eigenvalue weighted by Gasteiger charge is -2.35. The first-order valence-corrected chi connectivity index (χ1v) is 6.66. The van der Waals surface area contributed by atoms with Crippen LogP contribution in [-0.2, 0) is 0 Å². The second-order valence-corrected chi connectivity index (χ2v) is 5.91. The number of hydrogen-bond donors (Lipinski definition) is 2. The number of nitrogens with zero attached hydrogens (tertiary/aromatic N) is 1. The van der Waals surface area contributed by atoms with Gasteiger partial charge in [-0.2, -0.15) is 0 Å². The molecule has 0 saturated carbocycles. The van der Waals surface area contributed by atoms with Crippen molar-refractivity contribution < 1.29 is 4.39 Å². The fourth-order valence-electron chi connectivity index (χ4n) is 2.74. The molecule has 98 valence electrons. The Morgan fingerprint density at radius 2 is 1.89 bits per heavy atom. The molecule has 3 nitrogen and oxygen atoms in total. The minimum Gasteiger partial charge on any atom is -0.381 e. The zero-order chi connectivity index (χ0) is 12.8. The van der Waals surface area contributed by atoms with Crippen LogP contribution in [0.5, 0.6) is 0 Å². The lowest BCUT2D eigenvalue weighted by atomic mass is 10.0. The number of rotatable bonds is 1. The van der Waals surface area contributed by atoms with Gasteiger partial charge >= 0.3 is 0 Å². The van der Waals surface area contributed by atoms with E-state index in [9.17, 15) is 4.39 Å². The second-order valence-electron chi connectivity index (χ2n) is 5.91. The van der Waals surface area contributed by atoms with E-state index in [-0.39, 0.29) is 11.4 Å². The SMILES string of the molecule is CC1(C)CNc2cc(N3CCCC3)c(F)cc2N1. The zero-order valence-electron chi connectivity index (χ0n) is 11.0. The summed E-state index contributed by atoms with van der Waals surface area (Å²) in [5.74, 6) is -0.123. The first-order chi connectivity index (χ1) is 8.55. The third kappa shape index (κ3) is 2.00. The molecule has 4 heteroatoms. The van der Waals surface area contributed by atoms with Crippen LogP contribution in [0.25, 0.3) is 0 Å². The Morgan fingerprint density at radius 1 is 1.17 bits per heavy atom. The maximum atomic E-state index is 14.2. The summed E-state index contributed by atoms with van der Waals surface area (Å²) in [6, 6.07) is 3.56. The van der Waals surface area contributed by atoms with Crippen molar-refractivity contribution in [3.63, 3.8) is 0 Å². The van der Waals surface area contributed by atoms with Gasteiger partial charge in [-0.1, -0.05) is 0 Å². The molecule has 1 aromatic rings. The van der Waals surface area contributed by atoms with Gasteiger partial charge in [0.15, 0.2) is 0 Å². The molecule has 3 rings (SSSR count). The van der Waals surface area contributed by atoms with Gasteiger partial charge in [-0.3, -0.25) is 0 Å². The molecule has 0 aliphatic carbocycles. The van der Waals surface area contributed by atoms with Crippen LogP contribution in [-0.4, -0.2) is 25.2 Å². The number of benzene rings is 1. The van der Waals surface area contributed by atoms with Crippen LogP contribution in [0.4, 0.5) is 21.5 Å². The molecule has 0 aromatic heterocycles. The normalized spacial score (nSPS) is 21.2. The van der Waals surface area contributed by atoms with Gasteiger partial charge < -0.3 is 15.5 Å². The van der Waals surface area contributed by atoms with Crippen LogP contribution in [0.15, 0.2) is 12.1 Å². The number of nitrogens with one attached hydrogen (secondary N) is 2. The van der Waals surface area contributed by atoms with E-state index in [0.717, 1.165) is 49.5 Å². The van der Waals surface area contributed by atoms with E-state index in [1.54, 1.807) is 6.07 Å². The molecular weight excluding hydrogens is 229 g/mol. The summed E-state index contributed by atoms with van der Waals surface area (Å²) in [7, 11) is 0. The first-order valence-electron chi connectivity index (χ1n) is 6.66. The monoisotopic (exact) mass is 249 g/mol. The summed E-state index contributed by atoms with van der Waals surface area (Å²) < 4.78 is 14.2. The summed E-state index contributed by atoms with van der Waals surface area (Å²) in [6.07, 6.45) is 2.32. The molecule has 1 saturated heterocycles. The predicted octanol–water partition coefficient (Wildman–Crippen LogP) is 3.04. The van der Waals surface area contributed by atoms with Crippen molar-refractivity contribution in [2.24, 2.45) is 0 Å². The van der Waals surface area contributed by atoms with Gasteiger partial charge in [0.2, 0.25) is 0 Å². The molecule has 0 unspecified atom stereocenters. The van der Waals surface area contributed by atoms with Crippen LogP contribution >= 0.6 is 0 Å². The zero-order valence-corrected chi connectivity index (χ0v) is 11.0. The number of hydrogen-bond acceptors (Lipinski definition) is 3. The average molecular weight is 249 g/mol. The van der Waals surface area contributed by atoms with Gasteiger partial charge in [0.05, 0.1) is 17.1 Å². The van der Waals surface area contributed by atoms with Crippen LogP contribution in [0.2, 0.25) is 0 Å². The van der Waals surface area contributed by atoms with Crippen molar-refractivity contribution in [2.75, 3.05) is 35.2 Å². The molecule has 0 atom stereocenters. The summed E-state index contributed by atoms with van der Waals surface area (Å²) in [6.45, 7) is 7.00. The van der Waals surface area contributed by atoms with Gasteiger partial charge in [-0.05, 0) is 32.8 Å². The van der Waals surface area contributed by atoms with Crippen molar-refractivity contribution in [1.29, 1.82) is 0 Å². The molecule has 0 radical (unpaired) electrons. The van der Waals surface area contributed by atoms with Crippen molar-refractivity contribution in [3.05, 3.63) is 17.9 Å². The van der Waals surface area contributed by atoms with Crippen molar-refractivity contribution >= 4 is 17.1 Å². The van der Waals surface area contributed by atoms with E-state index in [1.807, 2.05) is 6.07 Å². The Kier molecular flexibility index (Phi) is 2.61. The van der Waals surface area contributed by atoms with E-state index in [1.165, 1.54) is 0 Å². The molecule has 0 amide bonds. The Balaban J connectivity index is 1.95. The molecule has 0 bridgehead atoms. The summed E-state index contributed by atoms with van der Waals surface area (Å²) in [5, 5.41) is 6.76. The van der Waals surface area contributed by atoms with E-state index in [4.69, 9.17) is 0 Å². The third-order valence-electron chi connectivity index (χ3n) is 3.73. The standard InChI is InChI=1S/C14H20FN3/c1-14(2)9-16-11-8-13(18-5-3-4-6-18)10(15)7-12(11)17-14/h7-8,16-17H,3-6,9H2,1-2H3. The lowest BCUT2D eigenvalue weighted by molar-refractivity contribution is 0.583. The molecule has 18 heavy (non-hydrogen) atoms. The highest BCUT2D eigenvalue weighted by atomic mass is 19.1. The smallest absolute Gasteiger partial charge is 0.148 e. The maximum Gasteiger partial charge on any atom is 0.148 e. The fraction of sp³-hybridized carbons (Fsp3) is 0.571. The van der Waals surface area contributed by atoms with Crippen molar-refractivity contribution in [1.82, 2.24) is 0 Å². The summed E-state index contributed by atoms with van der Waals surface area (Å²) >= 11 is 0. The minimum atomic E-state index is -0.123. The molecule has 1 fully saturated rings. The second kappa shape index (κ2) is 4.04. The fourth-order valence-corrected chi connectivity index (χ4v) is 2.74. The third-order valence-corrected chi connectivity index (χ3v) is 3.73. The van der Waals surface area contributed by atoms with Gasteiger partial charge in [0.25, 0.3) is 0 Å². The van der Waals surface area contributed by atoms with E-state index in [2.05, 4.69) is 29.4 Å². The van der Waals surface area contributed by atoms with E-state index < -0.39 is 0 Å². The quantitative estimate of drug-likeness (QED) is 0.801. The highest BCUT2D eigenvalue weighted by molar-refractivity contribution is 5.77. The predicted molar refractivity (Wildman–Crippen MR) is 74.0 cm³/mol. The van der Waals surface area contributed by atoms with Gasteiger partial charge in [0, 0.05) is 31.2 Å². The average Bonchev–Trinajstić information content (AvgIpc) is 2.80. The Hall–Kier alpha value is -1.45. The molecule has 2 aliphatic rings.